The molecule has 0 bridgehead atoms. The smallest absolute Gasteiger partial charge is 0.121 e. The normalized spacial score (nSPS) is 16.7. The van der Waals surface area contributed by atoms with Crippen LogP contribution in [-0.2, 0) is 4.79 Å². The van der Waals surface area contributed by atoms with E-state index in [0.29, 0.717) is 6.42 Å². The summed E-state index contributed by atoms with van der Waals surface area (Å²) in [6.45, 7) is 5.42. The summed E-state index contributed by atoms with van der Waals surface area (Å²) in [5.74, 6) is 0. The van der Waals surface area contributed by atoms with E-state index in [2.05, 4.69) is 0 Å². The first-order valence-corrected chi connectivity index (χ1v) is 4.72. The lowest BCUT2D eigenvalue weighted by molar-refractivity contribution is -0.108. The van der Waals surface area contributed by atoms with Crippen molar-refractivity contribution >= 4 is 6.29 Å². The molecule has 0 aliphatic carbocycles. The molecule has 0 rings (SSSR count). The van der Waals surface area contributed by atoms with E-state index in [1.807, 2.05) is 6.92 Å². The number of aldehydes is 1. The molecule has 0 aliphatic rings. The van der Waals surface area contributed by atoms with E-state index in [-0.39, 0.29) is 0 Å². The van der Waals surface area contributed by atoms with Gasteiger partial charge in [0.05, 0.1) is 5.60 Å². The molecule has 3 nitrogen and oxygen atoms in total. The molecule has 0 spiro atoms. The van der Waals surface area contributed by atoms with Gasteiger partial charge in [0.2, 0.25) is 0 Å². The quantitative estimate of drug-likeness (QED) is 0.615. The fourth-order valence-electron chi connectivity index (χ4n) is 1.22. The summed E-state index contributed by atoms with van der Waals surface area (Å²) in [4.78, 5) is 10.3. The minimum absolute atomic E-state index is 0.388. The Morgan fingerprint density at radius 2 is 1.85 bits per heavy atom. The van der Waals surface area contributed by atoms with E-state index in [4.69, 9.17) is 5.73 Å². The Morgan fingerprint density at radius 3 is 2.23 bits per heavy atom. The number of hydrogen-bond acceptors (Lipinski definition) is 3. The van der Waals surface area contributed by atoms with E-state index in [1.165, 1.54) is 0 Å². The first kappa shape index (κ1) is 12.6. The van der Waals surface area contributed by atoms with Gasteiger partial charge in [-0.2, -0.15) is 0 Å². The molecular weight excluding hydrogens is 166 g/mol. The summed E-state index contributed by atoms with van der Waals surface area (Å²) in [7, 11) is 0. The lowest BCUT2D eigenvalue weighted by Crippen LogP contribution is -2.36. The number of aliphatic hydroxyl groups is 1. The van der Waals surface area contributed by atoms with Crippen LogP contribution in [0.25, 0.3) is 0 Å². The molecule has 3 heteroatoms. The first-order chi connectivity index (χ1) is 5.77. The maximum atomic E-state index is 10.3. The zero-order valence-electron chi connectivity index (χ0n) is 8.84. The van der Waals surface area contributed by atoms with Gasteiger partial charge < -0.3 is 15.6 Å². The molecular formula is C10H21NO2. The predicted molar refractivity (Wildman–Crippen MR) is 53.4 cm³/mol. The molecule has 0 amide bonds. The highest BCUT2D eigenvalue weighted by molar-refractivity contribution is 5.51. The molecule has 0 saturated carbocycles. The second-order valence-corrected chi connectivity index (χ2v) is 4.69. The summed E-state index contributed by atoms with van der Waals surface area (Å²) >= 11 is 0. The second kappa shape index (κ2) is 4.72. The maximum Gasteiger partial charge on any atom is 0.121 e. The topological polar surface area (TPSA) is 63.3 Å². The zero-order valence-corrected chi connectivity index (χ0v) is 8.84. The number of rotatable bonds is 6. The Morgan fingerprint density at radius 1 is 1.31 bits per heavy atom. The third kappa shape index (κ3) is 7.94. The summed E-state index contributed by atoms with van der Waals surface area (Å²) in [6, 6.07) is 0. The van der Waals surface area contributed by atoms with Crippen molar-refractivity contribution in [2.45, 2.75) is 57.6 Å². The third-order valence-corrected chi connectivity index (χ3v) is 2.09. The van der Waals surface area contributed by atoms with Crippen molar-refractivity contribution in [1.29, 1.82) is 0 Å². The standard InChI is InChI=1S/C10H21NO2/c1-9(2,13)5-4-6-10(3,11)7-8-12/h8,13H,4-7,11H2,1-3H3/t10-/m0/s1. The van der Waals surface area contributed by atoms with Crippen LogP contribution < -0.4 is 5.73 Å². The van der Waals surface area contributed by atoms with E-state index in [9.17, 15) is 9.90 Å². The highest BCUT2D eigenvalue weighted by atomic mass is 16.3. The van der Waals surface area contributed by atoms with Crippen LogP contribution in [0.3, 0.4) is 0 Å². The van der Waals surface area contributed by atoms with Crippen LogP contribution in [0.15, 0.2) is 0 Å². The molecule has 0 fully saturated rings. The molecule has 0 saturated heterocycles. The van der Waals surface area contributed by atoms with Gasteiger partial charge in [-0.1, -0.05) is 0 Å². The fraction of sp³-hybridized carbons (Fsp3) is 0.900. The molecule has 3 N–H and O–H groups in total. The van der Waals surface area contributed by atoms with E-state index >= 15 is 0 Å². The van der Waals surface area contributed by atoms with Crippen molar-refractivity contribution < 1.29 is 9.90 Å². The van der Waals surface area contributed by atoms with Crippen molar-refractivity contribution in [3.05, 3.63) is 0 Å². The van der Waals surface area contributed by atoms with E-state index < -0.39 is 11.1 Å². The molecule has 0 aromatic heterocycles. The van der Waals surface area contributed by atoms with Gasteiger partial charge in [-0.15, -0.1) is 0 Å². The molecule has 0 radical (unpaired) electrons. The van der Waals surface area contributed by atoms with Crippen LogP contribution in [0.4, 0.5) is 0 Å². The Labute approximate surface area is 80.3 Å². The number of hydrogen-bond donors (Lipinski definition) is 2. The van der Waals surface area contributed by atoms with E-state index in [1.54, 1.807) is 13.8 Å². The van der Waals surface area contributed by atoms with E-state index in [0.717, 1.165) is 25.5 Å². The van der Waals surface area contributed by atoms with Crippen molar-refractivity contribution in [3.63, 3.8) is 0 Å². The number of nitrogens with two attached hydrogens (primary N) is 1. The average molecular weight is 187 g/mol. The molecule has 0 aliphatic heterocycles. The van der Waals surface area contributed by atoms with Gasteiger partial charge >= 0.3 is 0 Å². The predicted octanol–water partition coefficient (Wildman–Crippen LogP) is 1.23. The largest absolute Gasteiger partial charge is 0.390 e. The molecule has 13 heavy (non-hydrogen) atoms. The number of carbonyl (C=O) groups is 1. The van der Waals surface area contributed by atoms with Gasteiger partial charge in [-0.25, -0.2) is 0 Å². The molecule has 0 aromatic carbocycles. The maximum absolute atomic E-state index is 10.3. The molecule has 0 unspecified atom stereocenters. The van der Waals surface area contributed by atoms with Gasteiger partial charge in [0.25, 0.3) is 0 Å². The zero-order chi connectivity index (χ0) is 10.5. The van der Waals surface area contributed by atoms with Crippen LogP contribution in [0, 0.1) is 0 Å². The highest BCUT2D eigenvalue weighted by Gasteiger charge is 2.19. The Balaban J connectivity index is 3.69. The number of carbonyl (C=O) groups excluding carboxylic acids is 1. The lowest BCUT2D eigenvalue weighted by atomic mass is 9.90. The first-order valence-electron chi connectivity index (χ1n) is 4.72. The second-order valence-electron chi connectivity index (χ2n) is 4.69. The average Bonchev–Trinajstić information content (AvgIpc) is 1.82. The Kier molecular flexibility index (Phi) is 4.57. The Bertz CT molecular complexity index is 159. The minimum atomic E-state index is -0.628. The highest BCUT2D eigenvalue weighted by Crippen LogP contribution is 2.18. The lowest BCUT2D eigenvalue weighted by Gasteiger charge is -2.24. The summed E-state index contributed by atoms with van der Waals surface area (Å²) < 4.78 is 0. The van der Waals surface area contributed by atoms with Crippen molar-refractivity contribution in [2.75, 3.05) is 0 Å². The summed E-state index contributed by atoms with van der Waals surface area (Å²) in [5, 5.41) is 9.43. The van der Waals surface area contributed by atoms with Crippen LogP contribution in [0.1, 0.15) is 46.5 Å². The van der Waals surface area contributed by atoms with Gasteiger partial charge in [0.15, 0.2) is 0 Å². The van der Waals surface area contributed by atoms with Crippen LogP contribution in [0.5, 0.6) is 0 Å². The van der Waals surface area contributed by atoms with Crippen molar-refractivity contribution in [3.8, 4) is 0 Å². The van der Waals surface area contributed by atoms with Gasteiger partial charge in [-0.3, -0.25) is 0 Å². The fourth-order valence-corrected chi connectivity index (χ4v) is 1.22. The molecule has 1 atom stereocenters. The van der Waals surface area contributed by atoms with Gasteiger partial charge in [-0.05, 0) is 40.0 Å². The van der Waals surface area contributed by atoms with Gasteiger partial charge in [0.1, 0.15) is 6.29 Å². The Hall–Kier alpha value is -0.410. The summed E-state index contributed by atoms with van der Waals surface area (Å²) in [6.07, 6.45) is 3.58. The third-order valence-electron chi connectivity index (χ3n) is 2.09. The molecule has 78 valence electrons. The molecule has 0 heterocycles. The summed E-state index contributed by atoms with van der Waals surface area (Å²) in [5.41, 5.74) is 4.81. The van der Waals surface area contributed by atoms with Crippen LogP contribution in [-0.4, -0.2) is 22.5 Å². The van der Waals surface area contributed by atoms with Crippen molar-refractivity contribution in [1.82, 2.24) is 0 Å². The molecule has 0 aromatic rings. The SMILES string of the molecule is CC(C)(O)CCC[C@](C)(N)CC=O. The van der Waals surface area contributed by atoms with Crippen LogP contribution >= 0.6 is 0 Å². The van der Waals surface area contributed by atoms with Crippen molar-refractivity contribution in [2.24, 2.45) is 5.73 Å². The minimum Gasteiger partial charge on any atom is -0.390 e. The monoisotopic (exact) mass is 187 g/mol. The van der Waals surface area contributed by atoms with Crippen LogP contribution in [0.2, 0.25) is 0 Å². The van der Waals surface area contributed by atoms with Gasteiger partial charge in [0, 0.05) is 12.0 Å².